The predicted molar refractivity (Wildman–Crippen MR) is 100 cm³/mol. The molecule has 138 valence electrons. The molecule has 5 nitrogen and oxygen atoms in total. The second-order valence-electron chi connectivity index (χ2n) is 6.22. The van der Waals surface area contributed by atoms with Gasteiger partial charge in [-0.1, -0.05) is 30.3 Å². The van der Waals surface area contributed by atoms with E-state index in [0.717, 1.165) is 5.56 Å². The van der Waals surface area contributed by atoms with Gasteiger partial charge in [0.1, 0.15) is 12.4 Å². The Balaban J connectivity index is 1.98. The third-order valence-electron chi connectivity index (χ3n) is 4.02. The number of carbonyl (C=O) groups is 2. The van der Waals surface area contributed by atoms with Crippen LogP contribution in [0.25, 0.3) is 0 Å². The monoisotopic (exact) mass is 355 g/mol. The lowest BCUT2D eigenvalue weighted by Gasteiger charge is -2.26. The number of amides is 1. The fourth-order valence-electron chi connectivity index (χ4n) is 2.51. The van der Waals surface area contributed by atoms with Gasteiger partial charge in [-0.05, 0) is 43.7 Å². The Hall–Kier alpha value is -2.82. The van der Waals surface area contributed by atoms with Crippen LogP contribution in [0.4, 0.5) is 0 Å². The summed E-state index contributed by atoms with van der Waals surface area (Å²) in [5.41, 5.74) is 1.65. The molecule has 5 heteroatoms. The van der Waals surface area contributed by atoms with Crippen molar-refractivity contribution in [3.05, 3.63) is 65.7 Å². The van der Waals surface area contributed by atoms with Crippen molar-refractivity contribution in [2.75, 3.05) is 13.7 Å². The predicted octanol–water partition coefficient (Wildman–Crippen LogP) is 3.68. The largest absolute Gasteiger partial charge is 0.489 e. The lowest BCUT2D eigenvalue weighted by Crippen LogP contribution is -2.38. The Labute approximate surface area is 154 Å². The fourth-order valence-corrected chi connectivity index (χ4v) is 2.51. The number of hydrogen-bond donors (Lipinski definition) is 0. The molecule has 0 spiro atoms. The summed E-state index contributed by atoms with van der Waals surface area (Å²) >= 11 is 0. The average molecular weight is 355 g/mol. The van der Waals surface area contributed by atoms with Crippen molar-refractivity contribution in [1.82, 2.24) is 4.90 Å². The quantitative estimate of drug-likeness (QED) is 0.678. The first kappa shape index (κ1) is 19.5. The number of ether oxygens (including phenoxy) is 2. The van der Waals surface area contributed by atoms with Gasteiger partial charge in [0.25, 0.3) is 5.91 Å². The van der Waals surface area contributed by atoms with Crippen molar-refractivity contribution in [1.29, 1.82) is 0 Å². The van der Waals surface area contributed by atoms with Crippen molar-refractivity contribution >= 4 is 11.9 Å². The molecular weight excluding hydrogens is 330 g/mol. The molecule has 0 aliphatic rings. The zero-order chi connectivity index (χ0) is 18.9. The highest BCUT2D eigenvalue weighted by Gasteiger charge is 2.19. The smallest absolute Gasteiger partial charge is 0.307 e. The van der Waals surface area contributed by atoms with Crippen molar-refractivity contribution in [2.45, 2.75) is 32.9 Å². The van der Waals surface area contributed by atoms with E-state index in [1.807, 2.05) is 44.2 Å². The van der Waals surface area contributed by atoms with E-state index in [0.29, 0.717) is 24.5 Å². The van der Waals surface area contributed by atoms with Gasteiger partial charge in [0.2, 0.25) is 0 Å². The summed E-state index contributed by atoms with van der Waals surface area (Å²) in [4.78, 5) is 25.7. The number of esters is 1. The van der Waals surface area contributed by atoms with Gasteiger partial charge in [-0.2, -0.15) is 0 Å². The highest BCUT2D eigenvalue weighted by Crippen LogP contribution is 2.17. The summed E-state index contributed by atoms with van der Waals surface area (Å²) in [6, 6.07) is 17.0. The topological polar surface area (TPSA) is 55.8 Å². The van der Waals surface area contributed by atoms with Crippen LogP contribution in [0.5, 0.6) is 5.75 Å². The first-order chi connectivity index (χ1) is 12.5. The van der Waals surface area contributed by atoms with Crippen LogP contribution in [-0.2, 0) is 16.1 Å². The third kappa shape index (κ3) is 5.62. The molecule has 0 bridgehead atoms. The average Bonchev–Trinajstić information content (AvgIpc) is 2.67. The summed E-state index contributed by atoms with van der Waals surface area (Å²) in [7, 11) is 1.35. The van der Waals surface area contributed by atoms with E-state index in [-0.39, 0.29) is 24.3 Å². The van der Waals surface area contributed by atoms with Gasteiger partial charge in [-0.15, -0.1) is 0 Å². The first-order valence-corrected chi connectivity index (χ1v) is 8.66. The van der Waals surface area contributed by atoms with Crippen LogP contribution in [0.15, 0.2) is 54.6 Å². The number of methoxy groups -OCH3 is 1. The molecular formula is C21H25NO4. The molecule has 0 fully saturated rings. The highest BCUT2D eigenvalue weighted by atomic mass is 16.5. The summed E-state index contributed by atoms with van der Waals surface area (Å²) in [6.07, 6.45) is 0.179. The van der Waals surface area contributed by atoms with E-state index in [1.165, 1.54) is 7.11 Å². The van der Waals surface area contributed by atoms with Crippen LogP contribution < -0.4 is 4.74 Å². The minimum Gasteiger partial charge on any atom is -0.489 e. The van der Waals surface area contributed by atoms with E-state index in [1.54, 1.807) is 29.2 Å². The Bertz CT molecular complexity index is 711. The highest BCUT2D eigenvalue weighted by molar-refractivity contribution is 5.94. The number of nitrogens with zero attached hydrogens (tertiary/aromatic N) is 1. The minimum atomic E-state index is -0.326. The minimum absolute atomic E-state index is 0.0128. The van der Waals surface area contributed by atoms with Crippen LogP contribution in [0.2, 0.25) is 0 Å². The van der Waals surface area contributed by atoms with E-state index >= 15 is 0 Å². The lowest BCUT2D eigenvalue weighted by atomic mass is 10.1. The maximum absolute atomic E-state index is 12.7. The Morgan fingerprint density at radius 1 is 1.00 bits per heavy atom. The van der Waals surface area contributed by atoms with Gasteiger partial charge in [-0.25, -0.2) is 0 Å². The van der Waals surface area contributed by atoms with Crippen LogP contribution in [-0.4, -0.2) is 36.5 Å². The van der Waals surface area contributed by atoms with Gasteiger partial charge >= 0.3 is 5.97 Å². The molecule has 0 saturated heterocycles. The summed E-state index contributed by atoms with van der Waals surface area (Å²) in [5, 5.41) is 0. The van der Waals surface area contributed by atoms with Gasteiger partial charge in [0, 0.05) is 18.2 Å². The summed E-state index contributed by atoms with van der Waals surface area (Å²) in [6.45, 7) is 4.65. The van der Waals surface area contributed by atoms with Gasteiger partial charge in [0.05, 0.1) is 13.5 Å². The van der Waals surface area contributed by atoms with Crippen LogP contribution in [0, 0.1) is 0 Å². The van der Waals surface area contributed by atoms with Crippen LogP contribution in [0.3, 0.4) is 0 Å². The molecule has 0 radical (unpaired) electrons. The van der Waals surface area contributed by atoms with Crippen molar-refractivity contribution in [3.8, 4) is 5.75 Å². The molecule has 0 unspecified atom stereocenters. The number of hydrogen-bond acceptors (Lipinski definition) is 4. The van der Waals surface area contributed by atoms with E-state index in [4.69, 9.17) is 4.74 Å². The second-order valence-corrected chi connectivity index (χ2v) is 6.22. The van der Waals surface area contributed by atoms with Gasteiger partial charge in [-0.3, -0.25) is 9.59 Å². The number of benzene rings is 2. The lowest BCUT2D eigenvalue weighted by molar-refractivity contribution is -0.140. The zero-order valence-electron chi connectivity index (χ0n) is 15.5. The summed E-state index contributed by atoms with van der Waals surface area (Å²) in [5.74, 6) is 0.266. The summed E-state index contributed by atoms with van der Waals surface area (Å²) < 4.78 is 10.4. The molecule has 0 aliphatic heterocycles. The van der Waals surface area contributed by atoms with E-state index < -0.39 is 0 Å². The SMILES string of the molecule is COC(=O)CCN(C(=O)c1ccc(OCc2ccccc2)cc1)C(C)C. The fraction of sp³-hybridized carbons (Fsp3) is 0.333. The number of rotatable bonds is 8. The number of carbonyl (C=O) groups excluding carboxylic acids is 2. The second kappa shape index (κ2) is 9.61. The molecule has 1 amide bonds. The standard InChI is InChI=1S/C21H25NO4/c1-16(2)22(14-13-20(23)25-3)21(24)18-9-11-19(12-10-18)26-15-17-7-5-4-6-8-17/h4-12,16H,13-15H2,1-3H3. The molecule has 0 aromatic heterocycles. The van der Waals surface area contributed by atoms with E-state index in [2.05, 4.69) is 4.74 Å². The zero-order valence-corrected chi connectivity index (χ0v) is 15.5. The molecule has 26 heavy (non-hydrogen) atoms. The molecule has 2 aromatic rings. The van der Waals surface area contributed by atoms with Gasteiger partial charge in [0.15, 0.2) is 0 Å². The molecule has 0 heterocycles. The Morgan fingerprint density at radius 3 is 2.23 bits per heavy atom. The van der Waals surface area contributed by atoms with Crippen molar-refractivity contribution < 1.29 is 19.1 Å². The first-order valence-electron chi connectivity index (χ1n) is 8.66. The van der Waals surface area contributed by atoms with Gasteiger partial charge < -0.3 is 14.4 Å². The van der Waals surface area contributed by atoms with Crippen LogP contribution in [0.1, 0.15) is 36.2 Å². The Morgan fingerprint density at radius 2 is 1.65 bits per heavy atom. The normalized spacial score (nSPS) is 10.5. The van der Waals surface area contributed by atoms with Crippen molar-refractivity contribution in [3.63, 3.8) is 0 Å². The Kier molecular flexibility index (Phi) is 7.21. The molecule has 2 aromatic carbocycles. The van der Waals surface area contributed by atoms with Crippen molar-refractivity contribution in [2.24, 2.45) is 0 Å². The molecule has 0 N–H and O–H groups in total. The molecule has 2 rings (SSSR count). The third-order valence-corrected chi connectivity index (χ3v) is 4.02. The molecule has 0 aliphatic carbocycles. The van der Waals surface area contributed by atoms with E-state index in [9.17, 15) is 9.59 Å². The molecule has 0 saturated carbocycles. The maximum atomic E-state index is 12.7. The maximum Gasteiger partial charge on any atom is 0.307 e. The molecule has 0 atom stereocenters. The van der Waals surface area contributed by atoms with Crippen LogP contribution >= 0.6 is 0 Å².